The number of benzene rings is 2. The fourth-order valence-corrected chi connectivity index (χ4v) is 2.92. The van der Waals surface area contributed by atoms with E-state index in [4.69, 9.17) is 4.74 Å². The molecule has 0 N–H and O–H groups in total. The van der Waals surface area contributed by atoms with Gasteiger partial charge in [0.1, 0.15) is 5.75 Å². The maximum Gasteiger partial charge on any atom is 0.118 e. The molecule has 1 atom stereocenters. The SMILES string of the molecule is COc1ccc(CCC(C)CCCc2ccc(Br)cc2)cc1.Cl. The number of ether oxygens (including phenoxy) is 1. The van der Waals surface area contributed by atoms with E-state index in [-0.39, 0.29) is 12.4 Å². The quantitative estimate of drug-likeness (QED) is 0.496. The number of hydrogen-bond acceptors (Lipinski definition) is 1. The number of hydrogen-bond donors (Lipinski definition) is 0. The molecule has 126 valence electrons. The minimum Gasteiger partial charge on any atom is -0.497 e. The summed E-state index contributed by atoms with van der Waals surface area (Å²) in [7, 11) is 1.71. The van der Waals surface area contributed by atoms with E-state index < -0.39 is 0 Å². The van der Waals surface area contributed by atoms with Crippen molar-refractivity contribution < 1.29 is 4.74 Å². The third-order valence-corrected chi connectivity index (χ3v) is 4.69. The Bertz CT molecular complexity index is 551. The predicted octanol–water partition coefficient (Wildman–Crippen LogP) is 6.47. The molecular weight excluding hydrogens is 372 g/mol. The second-order valence-electron chi connectivity index (χ2n) is 6.01. The largest absolute Gasteiger partial charge is 0.497 e. The van der Waals surface area contributed by atoms with E-state index in [0.717, 1.165) is 22.6 Å². The van der Waals surface area contributed by atoms with Crippen LogP contribution < -0.4 is 4.74 Å². The van der Waals surface area contributed by atoms with Crippen molar-refractivity contribution in [3.05, 3.63) is 64.1 Å². The highest BCUT2D eigenvalue weighted by Gasteiger charge is 2.04. The van der Waals surface area contributed by atoms with Crippen molar-refractivity contribution in [2.24, 2.45) is 5.92 Å². The second-order valence-corrected chi connectivity index (χ2v) is 6.93. The summed E-state index contributed by atoms with van der Waals surface area (Å²) in [5.74, 6) is 1.71. The minimum absolute atomic E-state index is 0. The molecule has 0 aliphatic rings. The summed E-state index contributed by atoms with van der Waals surface area (Å²) >= 11 is 3.48. The van der Waals surface area contributed by atoms with E-state index in [1.807, 2.05) is 12.1 Å². The van der Waals surface area contributed by atoms with Gasteiger partial charge < -0.3 is 4.74 Å². The van der Waals surface area contributed by atoms with Crippen LogP contribution in [0.25, 0.3) is 0 Å². The molecule has 2 rings (SSSR count). The molecule has 0 saturated heterocycles. The molecule has 0 amide bonds. The van der Waals surface area contributed by atoms with Crippen LogP contribution in [0, 0.1) is 5.92 Å². The van der Waals surface area contributed by atoms with Gasteiger partial charge in [-0.25, -0.2) is 0 Å². The molecule has 0 bridgehead atoms. The van der Waals surface area contributed by atoms with Gasteiger partial charge in [-0.05, 0) is 67.0 Å². The van der Waals surface area contributed by atoms with E-state index in [1.54, 1.807) is 7.11 Å². The molecule has 23 heavy (non-hydrogen) atoms. The van der Waals surface area contributed by atoms with Crippen molar-refractivity contribution >= 4 is 28.3 Å². The lowest BCUT2D eigenvalue weighted by Crippen LogP contribution is -1.99. The highest BCUT2D eigenvalue weighted by Crippen LogP contribution is 2.19. The summed E-state index contributed by atoms with van der Waals surface area (Å²) in [6.45, 7) is 2.37. The van der Waals surface area contributed by atoms with Crippen molar-refractivity contribution in [1.82, 2.24) is 0 Å². The first-order chi connectivity index (χ1) is 10.7. The Balaban J connectivity index is 0.00000264. The van der Waals surface area contributed by atoms with E-state index in [1.165, 1.54) is 36.8 Å². The number of halogens is 2. The Morgan fingerprint density at radius 3 is 2.04 bits per heavy atom. The zero-order valence-electron chi connectivity index (χ0n) is 13.9. The van der Waals surface area contributed by atoms with Crippen LogP contribution >= 0.6 is 28.3 Å². The Labute approximate surface area is 155 Å². The van der Waals surface area contributed by atoms with Crippen LogP contribution in [0.4, 0.5) is 0 Å². The molecule has 3 heteroatoms. The van der Waals surface area contributed by atoms with Gasteiger partial charge in [-0.1, -0.05) is 53.5 Å². The molecule has 0 spiro atoms. The van der Waals surface area contributed by atoms with E-state index in [2.05, 4.69) is 59.3 Å². The topological polar surface area (TPSA) is 9.23 Å². The Hall–Kier alpha value is -0.990. The molecule has 2 aromatic rings. The van der Waals surface area contributed by atoms with Crippen LogP contribution in [-0.4, -0.2) is 7.11 Å². The Kier molecular flexibility index (Phi) is 9.35. The van der Waals surface area contributed by atoms with E-state index >= 15 is 0 Å². The number of rotatable bonds is 8. The van der Waals surface area contributed by atoms with Crippen LogP contribution in [-0.2, 0) is 12.8 Å². The molecule has 0 saturated carbocycles. The fourth-order valence-electron chi connectivity index (χ4n) is 2.66. The standard InChI is InChI=1S/C20H25BrO.ClH/c1-16(4-3-5-17-8-12-19(21)13-9-17)6-7-18-10-14-20(22-2)15-11-18;/h8-16H,3-7H2,1-2H3;1H. The lowest BCUT2D eigenvalue weighted by molar-refractivity contribution is 0.414. The van der Waals surface area contributed by atoms with E-state index in [9.17, 15) is 0 Å². The summed E-state index contributed by atoms with van der Waals surface area (Å²) in [5.41, 5.74) is 2.84. The Morgan fingerprint density at radius 2 is 1.43 bits per heavy atom. The first-order valence-electron chi connectivity index (χ1n) is 8.05. The van der Waals surface area contributed by atoms with Gasteiger partial charge in [0, 0.05) is 4.47 Å². The Morgan fingerprint density at radius 1 is 0.870 bits per heavy atom. The average molecular weight is 398 g/mol. The fraction of sp³-hybridized carbons (Fsp3) is 0.400. The van der Waals surface area contributed by atoms with Crippen LogP contribution in [0.3, 0.4) is 0 Å². The van der Waals surface area contributed by atoms with Gasteiger partial charge in [-0.15, -0.1) is 12.4 Å². The number of methoxy groups -OCH3 is 1. The maximum absolute atomic E-state index is 5.19. The minimum atomic E-state index is 0. The van der Waals surface area contributed by atoms with Gasteiger partial charge in [-0.3, -0.25) is 0 Å². The summed E-state index contributed by atoms with van der Waals surface area (Å²) in [6, 6.07) is 17.1. The summed E-state index contributed by atoms with van der Waals surface area (Å²) in [5, 5.41) is 0. The highest BCUT2D eigenvalue weighted by molar-refractivity contribution is 9.10. The molecule has 0 aromatic heterocycles. The molecule has 0 radical (unpaired) electrons. The molecule has 0 aliphatic carbocycles. The summed E-state index contributed by atoms with van der Waals surface area (Å²) in [4.78, 5) is 0. The molecule has 0 aliphatic heterocycles. The van der Waals surface area contributed by atoms with Gasteiger partial charge in [0.15, 0.2) is 0 Å². The molecule has 2 aromatic carbocycles. The molecular formula is C20H26BrClO. The van der Waals surface area contributed by atoms with Gasteiger partial charge in [0.2, 0.25) is 0 Å². The van der Waals surface area contributed by atoms with Crippen molar-refractivity contribution in [2.75, 3.05) is 7.11 Å². The van der Waals surface area contributed by atoms with Crippen LogP contribution in [0.15, 0.2) is 53.0 Å². The summed E-state index contributed by atoms with van der Waals surface area (Å²) in [6.07, 6.45) is 6.16. The van der Waals surface area contributed by atoms with Gasteiger partial charge in [-0.2, -0.15) is 0 Å². The highest BCUT2D eigenvalue weighted by atomic mass is 79.9. The van der Waals surface area contributed by atoms with Gasteiger partial charge in [0.25, 0.3) is 0 Å². The van der Waals surface area contributed by atoms with Crippen LogP contribution in [0.5, 0.6) is 5.75 Å². The van der Waals surface area contributed by atoms with Crippen LogP contribution in [0.2, 0.25) is 0 Å². The average Bonchev–Trinajstić information content (AvgIpc) is 2.55. The van der Waals surface area contributed by atoms with Gasteiger partial charge in [0.05, 0.1) is 7.11 Å². The zero-order valence-corrected chi connectivity index (χ0v) is 16.3. The maximum atomic E-state index is 5.19. The third-order valence-electron chi connectivity index (χ3n) is 4.16. The van der Waals surface area contributed by atoms with E-state index in [0.29, 0.717) is 0 Å². The molecule has 0 heterocycles. The molecule has 1 unspecified atom stereocenters. The smallest absolute Gasteiger partial charge is 0.118 e. The first-order valence-corrected chi connectivity index (χ1v) is 8.84. The number of aryl methyl sites for hydroxylation is 2. The molecule has 0 fully saturated rings. The molecule has 1 nitrogen and oxygen atoms in total. The zero-order chi connectivity index (χ0) is 15.8. The monoisotopic (exact) mass is 396 g/mol. The van der Waals surface area contributed by atoms with Gasteiger partial charge >= 0.3 is 0 Å². The summed E-state index contributed by atoms with van der Waals surface area (Å²) < 4.78 is 6.35. The lowest BCUT2D eigenvalue weighted by atomic mass is 9.95. The van der Waals surface area contributed by atoms with Crippen molar-refractivity contribution in [2.45, 2.75) is 39.0 Å². The van der Waals surface area contributed by atoms with Crippen molar-refractivity contribution in [3.8, 4) is 5.75 Å². The third kappa shape index (κ3) is 7.41. The second kappa shape index (κ2) is 10.7. The van der Waals surface area contributed by atoms with Crippen molar-refractivity contribution in [3.63, 3.8) is 0 Å². The van der Waals surface area contributed by atoms with Crippen molar-refractivity contribution in [1.29, 1.82) is 0 Å². The first kappa shape index (κ1) is 20.1. The predicted molar refractivity (Wildman–Crippen MR) is 105 cm³/mol. The lowest BCUT2D eigenvalue weighted by Gasteiger charge is -2.11. The van der Waals surface area contributed by atoms with Crippen LogP contribution in [0.1, 0.15) is 37.3 Å². The normalized spacial score (nSPS) is 11.6.